The number of carbonyl (C=O) groups excluding carboxylic acids is 1. The molecule has 0 saturated carbocycles. The Morgan fingerprint density at radius 1 is 0.765 bits per heavy atom. The largest absolute Gasteiger partial charge is 0.497 e. The number of sulfonamides is 1. The molecule has 0 atom stereocenters. The van der Waals surface area contributed by atoms with Crippen molar-refractivity contribution in [1.82, 2.24) is 9.21 Å². The Kier molecular flexibility index (Phi) is 7.04. The fraction of sp³-hybridized carbons (Fsp3) is 0.240. The Labute approximate surface area is 199 Å². The zero-order valence-electron chi connectivity index (χ0n) is 19.0. The van der Waals surface area contributed by atoms with Gasteiger partial charge in [0.25, 0.3) is 5.91 Å². The van der Waals surface area contributed by atoms with Crippen LogP contribution in [0.5, 0.6) is 23.0 Å². The molecule has 8 nitrogen and oxygen atoms in total. The van der Waals surface area contributed by atoms with E-state index in [4.69, 9.17) is 14.2 Å². The number of piperazine rings is 1. The lowest BCUT2D eigenvalue weighted by Crippen LogP contribution is -2.50. The summed E-state index contributed by atoms with van der Waals surface area (Å²) in [4.78, 5) is 14.9. The van der Waals surface area contributed by atoms with E-state index in [1.54, 1.807) is 41.3 Å². The molecule has 9 heteroatoms. The van der Waals surface area contributed by atoms with Crippen molar-refractivity contribution in [3.05, 3.63) is 78.4 Å². The molecule has 4 rings (SSSR count). The molecule has 3 aromatic rings. The van der Waals surface area contributed by atoms with Crippen LogP contribution in [-0.2, 0) is 10.0 Å². The van der Waals surface area contributed by atoms with Gasteiger partial charge in [-0.05, 0) is 36.4 Å². The molecule has 0 spiro atoms. The average molecular weight is 483 g/mol. The van der Waals surface area contributed by atoms with Gasteiger partial charge in [0.05, 0.1) is 19.8 Å². The van der Waals surface area contributed by atoms with Crippen molar-refractivity contribution in [1.29, 1.82) is 0 Å². The van der Waals surface area contributed by atoms with Crippen molar-refractivity contribution in [2.45, 2.75) is 4.90 Å². The number of benzene rings is 3. The topological polar surface area (TPSA) is 85.4 Å². The number of hydrogen-bond donors (Lipinski definition) is 0. The summed E-state index contributed by atoms with van der Waals surface area (Å²) in [6, 6.07) is 20.9. The molecule has 0 aliphatic carbocycles. The standard InChI is InChI=1S/C25H26N2O6S/c1-31-20-12-13-23(32-2)24(18-20)34(29,30)27-16-14-26(15-17-27)25(28)21-10-6-7-11-22(21)33-19-8-4-3-5-9-19/h3-13,18H,14-17H2,1-2H3. The minimum absolute atomic E-state index is 0.0377. The quantitative estimate of drug-likeness (QED) is 0.511. The zero-order valence-corrected chi connectivity index (χ0v) is 19.8. The molecule has 0 radical (unpaired) electrons. The minimum atomic E-state index is -3.83. The molecule has 1 amide bonds. The summed E-state index contributed by atoms with van der Waals surface area (Å²) in [5.41, 5.74) is 0.428. The number of nitrogens with zero attached hydrogens (tertiary/aromatic N) is 2. The number of rotatable bonds is 7. The summed E-state index contributed by atoms with van der Waals surface area (Å²) >= 11 is 0. The van der Waals surface area contributed by atoms with Crippen molar-refractivity contribution in [3.8, 4) is 23.0 Å². The molecule has 0 aromatic heterocycles. The predicted octanol–water partition coefficient (Wildman–Crippen LogP) is 3.64. The maximum atomic E-state index is 13.3. The van der Waals surface area contributed by atoms with Crippen molar-refractivity contribution < 1.29 is 27.4 Å². The third-order valence-electron chi connectivity index (χ3n) is 5.60. The fourth-order valence-electron chi connectivity index (χ4n) is 3.77. The highest BCUT2D eigenvalue weighted by atomic mass is 32.2. The van der Waals surface area contributed by atoms with Gasteiger partial charge in [-0.1, -0.05) is 30.3 Å². The number of carbonyl (C=O) groups is 1. The van der Waals surface area contributed by atoms with Crippen LogP contribution in [0.15, 0.2) is 77.7 Å². The van der Waals surface area contributed by atoms with E-state index in [0.717, 1.165) is 0 Å². The normalized spacial score (nSPS) is 14.5. The number of ether oxygens (including phenoxy) is 3. The maximum Gasteiger partial charge on any atom is 0.257 e. The van der Waals surface area contributed by atoms with E-state index in [1.807, 2.05) is 30.3 Å². The Morgan fingerprint density at radius 2 is 1.44 bits per heavy atom. The van der Waals surface area contributed by atoms with Crippen LogP contribution in [0.25, 0.3) is 0 Å². The van der Waals surface area contributed by atoms with Crippen LogP contribution in [0, 0.1) is 0 Å². The summed E-state index contributed by atoms with van der Waals surface area (Å²) in [5.74, 6) is 1.54. The first kappa shape index (κ1) is 23.6. The summed E-state index contributed by atoms with van der Waals surface area (Å²) in [7, 11) is -0.937. The minimum Gasteiger partial charge on any atom is -0.497 e. The monoisotopic (exact) mass is 482 g/mol. The number of hydrogen-bond acceptors (Lipinski definition) is 6. The van der Waals surface area contributed by atoms with E-state index in [1.165, 1.54) is 24.6 Å². The van der Waals surface area contributed by atoms with Gasteiger partial charge < -0.3 is 19.1 Å². The predicted molar refractivity (Wildman–Crippen MR) is 127 cm³/mol. The lowest BCUT2D eigenvalue weighted by atomic mass is 10.1. The van der Waals surface area contributed by atoms with Gasteiger partial charge in [0.15, 0.2) is 0 Å². The third-order valence-corrected chi connectivity index (χ3v) is 7.52. The van der Waals surface area contributed by atoms with Gasteiger partial charge in [0.1, 0.15) is 27.9 Å². The Morgan fingerprint density at radius 3 is 2.12 bits per heavy atom. The van der Waals surface area contributed by atoms with E-state index >= 15 is 0 Å². The second-order valence-electron chi connectivity index (χ2n) is 7.62. The molecule has 3 aromatic carbocycles. The Hall–Kier alpha value is -3.56. The van der Waals surface area contributed by atoms with E-state index in [2.05, 4.69) is 0 Å². The maximum absolute atomic E-state index is 13.3. The van der Waals surface area contributed by atoms with Gasteiger partial charge in [-0.2, -0.15) is 4.31 Å². The first-order valence-electron chi connectivity index (χ1n) is 10.8. The molecule has 178 valence electrons. The molecule has 0 bridgehead atoms. The van der Waals surface area contributed by atoms with E-state index in [9.17, 15) is 13.2 Å². The third kappa shape index (κ3) is 4.85. The Balaban J connectivity index is 1.49. The Bertz CT molecular complexity index is 1260. The van der Waals surface area contributed by atoms with Crippen molar-refractivity contribution in [3.63, 3.8) is 0 Å². The number of para-hydroxylation sites is 2. The van der Waals surface area contributed by atoms with Crippen molar-refractivity contribution in [2.24, 2.45) is 0 Å². The second kappa shape index (κ2) is 10.1. The molecule has 0 unspecified atom stereocenters. The van der Waals surface area contributed by atoms with E-state index in [0.29, 0.717) is 22.8 Å². The highest BCUT2D eigenvalue weighted by Gasteiger charge is 2.33. The van der Waals surface area contributed by atoms with Crippen LogP contribution < -0.4 is 14.2 Å². The number of amides is 1. The van der Waals surface area contributed by atoms with E-state index < -0.39 is 10.0 Å². The van der Waals surface area contributed by atoms with Gasteiger partial charge in [-0.25, -0.2) is 8.42 Å². The smallest absolute Gasteiger partial charge is 0.257 e. The molecule has 1 fully saturated rings. The summed E-state index contributed by atoms with van der Waals surface area (Å²) in [5, 5.41) is 0. The van der Waals surface area contributed by atoms with E-state index in [-0.39, 0.29) is 42.7 Å². The van der Waals surface area contributed by atoms with Crippen LogP contribution in [0.1, 0.15) is 10.4 Å². The molecular formula is C25H26N2O6S. The first-order valence-corrected chi connectivity index (χ1v) is 12.2. The molecule has 1 aliphatic rings. The van der Waals surface area contributed by atoms with Crippen LogP contribution in [0.2, 0.25) is 0 Å². The molecule has 1 aliphatic heterocycles. The van der Waals surface area contributed by atoms with Crippen molar-refractivity contribution >= 4 is 15.9 Å². The fourth-order valence-corrected chi connectivity index (χ4v) is 5.37. The lowest BCUT2D eigenvalue weighted by molar-refractivity contribution is 0.0695. The van der Waals surface area contributed by atoms with Crippen LogP contribution in [0.4, 0.5) is 0 Å². The highest BCUT2D eigenvalue weighted by Crippen LogP contribution is 2.32. The lowest BCUT2D eigenvalue weighted by Gasteiger charge is -2.34. The molecule has 1 heterocycles. The SMILES string of the molecule is COc1ccc(OC)c(S(=O)(=O)N2CCN(C(=O)c3ccccc3Oc3ccccc3)CC2)c1. The summed E-state index contributed by atoms with van der Waals surface area (Å²) in [6.07, 6.45) is 0. The summed E-state index contributed by atoms with van der Waals surface area (Å²) < 4.78 is 44.3. The van der Waals surface area contributed by atoms with Gasteiger partial charge >= 0.3 is 0 Å². The number of methoxy groups -OCH3 is 2. The molecule has 34 heavy (non-hydrogen) atoms. The van der Waals surface area contributed by atoms with Gasteiger partial charge in [-0.15, -0.1) is 0 Å². The van der Waals surface area contributed by atoms with Crippen molar-refractivity contribution in [2.75, 3.05) is 40.4 Å². The van der Waals surface area contributed by atoms with Crippen LogP contribution >= 0.6 is 0 Å². The summed E-state index contributed by atoms with van der Waals surface area (Å²) in [6.45, 7) is 0.834. The molecule has 1 saturated heterocycles. The second-order valence-corrected chi connectivity index (χ2v) is 9.53. The van der Waals surface area contributed by atoms with Gasteiger partial charge in [0, 0.05) is 32.2 Å². The first-order chi connectivity index (χ1) is 16.4. The van der Waals surface area contributed by atoms with Gasteiger partial charge in [0.2, 0.25) is 10.0 Å². The highest BCUT2D eigenvalue weighted by molar-refractivity contribution is 7.89. The molecular weight excluding hydrogens is 456 g/mol. The molecule has 0 N–H and O–H groups in total. The average Bonchev–Trinajstić information content (AvgIpc) is 2.89. The van der Waals surface area contributed by atoms with Crippen LogP contribution in [0.3, 0.4) is 0 Å². The zero-order chi connectivity index (χ0) is 24.1. The van der Waals surface area contributed by atoms with Crippen LogP contribution in [-0.4, -0.2) is 63.9 Å². The van der Waals surface area contributed by atoms with Gasteiger partial charge in [-0.3, -0.25) is 4.79 Å².